The lowest BCUT2D eigenvalue weighted by atomic mass is 10.1. The molecule has 0 radical (unpaired) electrons. The Hall–Kier alpha value is -2.92. The first-order valence-electron chi connectivity index (χ1n) is 9.33. The number of benzene rings is 2. The predicted octanol–water partition coefficient (Wildman–Crippen LogP) is 3.82. The summed E-state index contributed by atoms with van der Waals surface area (Å²) < 4.78 is 7.25. The Morgan fingerprint density at radius 2 is 1.85 bits per heavy atom. The van der Waals surface area contributed by atoms with Crippen LogP contribution in [0.25, 0.3) is 16.9 Å². The second kappa shape index (κ2) is 7.76. The van der Waals surface area contributed by atoms with Gasteiger partial charge in [-0.25, -0.2) is 4.68 Å². The maximum atomic E-state index is 13.2. The molecule has 0 amide bonds. The standard InChI is InChI=1S/C22H23N3O2/c1-16(23-15-19-13-8-14-27-19)20-21(17-9-4-2-5-10-17)24-25(22(20)26)18-11-6-3-7-12-18/h2-7,9-12,19,24H,8,13-15H2,1H3. The number of nitrogens with zero attached hydrogens (tertiary/aromatic N) is 2. The average Bonchev–Trinajstić information content (AvgIpc) is 3.35. The summed E-state index contributed by atoms with van der Waals surface area (Å²) in [7, 11) is 0. The molecule has 1 aliphatic heterocycles. The third-order valence-corrected chi connectivity index (χ3v) is 4.89. The van der Waals surface area contributed by atoms with Crippen LogP contribution in [-0.2, 0) is 4.74 Å². The van der Waals surface area contributed by atoms with Crippen LogP contribution in [0, 0.1) is 0 Å². The Bertz CT molecular complexity index is 981. The molecule has 27 heavy (non-hydrogen) atoms. The molecule has 1 N–H and O–H groups in total. The van der Waals surface area contributed by atoms with Crippen molar-refractivity contribution in [1.82, 2.24) is 9.78 Å². The van der Waals surface area contributed by atoms with Crippen molar-refractivity contribution in [3.63, 3.8) is 0 Å². The van der Waals surface area contributed by atoms with E-state index in [1.807, 2.05) is 67.6 Å². The molecule has 1 saturated heterocycles. The smallest absolute Gasteiger partial charge is 0.280 e. The van der Waals surface area contributed by atoms with Crippen molar-refractivity contribution < 1.29 is 4.74 Å². The van der Waals surface area contributed by atoms with Gasteiger partial charge in [0.1, 0.15) is 0 Å². The van der Waals surface area contributed by atoms with Crippen LogP contribution in [0.1, 0.15) is 25.3 Å². The fraction of sp³-hybridized carbons (Fsp3) is 0.273. The molecule has 4 rings (SSSR count). The number of para-hydroxylation sites is 1. The van der Waals surface area contributed by atoms with Gasteiger partial charge in [0.2, 0.25) is 0 Å². The summed E-state index contributed by atoms with van der Waals surface area (Å²) >= 11 is 0. The lowest BCUT2D eigenvalue weighted by molar-refractivity contribution is 0.118. The number of hydrogen-bond donors (Lipinski definition) is 1. The van der Waals surface area contributed by atoms with Crippen molar-refractivity contribution in [2.75, 3.05) is 13.2 Å². The van der Waals surface area contributed by atoms with Gasteiger partial charge in [0.25, 0.3) is 5.56 Å². The molecular weight excluding hydrogens is 338 g/mol. The maximum Gasteiger partial charge on any atom is 0.280 e. The zero-order chi connectivity index (χ0) is 18.6. The van der Waals surface area contributed by atoms with Gasteiger partial charge in [-0.2, -0.15) is 0 Å². The highest BCUT2D eigenvalue weighted by molar-refractivity contribution is 6.03. The van der Waals surface area contributed by atoms with E-state index in [9.17, 15) is 4.79 Å². The molecule has 0 spiro atoms. The van der Waals surface area contributed by atoms with Gasteiger partial charge in [0, 0.05) is 17.9 Å². The van der Waals surface area contributed by atoms with Crippen molar-refractivity contribution in [3.05, 3.63) is 76.6 Å². The zero-order valence-electron chi connectivity index (χ0n) is 15.4. The number of nitrogens with one attached hydrogen (secondary N) is 1. The van der Waals surface area contributed by atoms with E-state index in [-0.39, 0.29) is 11.7 Å². The summed E-state index contributed by atoms with van der Waals surface area (Å²) in [5, 5.41) is 3.28. The molecule has 0 saturated carbocycles. The molecule has 1 fully saturated rings. The van der Waals surface area contributed by atoms with Crippen LogP contribution in [-0.4, -0.2) is 34.7 Å². The van der Waals surface area contributed by atoms with E-state index >= 15 is 0 Å². The van der Waals surface area contributed by atoms with Gasteiger partial charge < -0.3 is 4.74 Å². The fourth-order valence-corrected chi connectivity index (χ4v) is 3.45. The van der Waals surface area contributed by atoms with Gasteiger partial charge >= 0.3 is 0 Å². The number of hydrogen-bond acceptors (Lipinski definition) is 3. The first kappa shape index (κ1) is 17.5. The van der Waals surface area contributed by atoms with Crippen LogP contribution < -0.4 is 5.56 Å². The maximum absolute atomic E-state index is 13.2. The summed E-state index contributed by atoms with van der Waals surface area (Å²) in [6.45, 7) is 3.30. The Morgan fingerprint density at radius 1 is 1.15 bits per heavy atom. The highest BCUT2D eigenvalue weighted by Crippen LogP contribution is 2.22. The molecule has 5 nitrogen and oxygen atoms in total. The summed E-state index contributed by atoms with van der Waals surface area (Å²) in [6.07, 6.45) is 2.28. The minimum atomic E-state index is -0.0892. The van der Waals surface area contributed by atoms with E-state index in [0.717, 1.165) is 42.1 Å². The van der Waals surface area contributed by atoms with E-state index in [1.54, 1.807) is 4.68 Å². The van der Waals surface area contributed by atoms with Crippen molar-refractivity contribution >= 4 is 5.71 Å². The SMILES string of the molecule is CC(=NCC1CCCO1)c1c(-c2ccccc2)[nH]n(-c2ccccc2)c1=O. The van der Waals surface area contributed by atoms with Crippen LogP contribution in [0.2, 0.25) is 0 Å². The van der Waals surface area contributed by atoms with Gasteiger partial charge in [0.15, 0.2) is 0 Å². The van der Waals surface area contributed by atoms with Gasteiger partial charge in [-0.3, -0.25) is 14.9 Å². The van der Waals surface area contributed by atoms with E-state index < -0.39 is 0 Å². The van der Waals surface area contributed by atoms with Crippen LogP contribution >= 0.6 is 0 Å². The number of aromatic amines is 1. The largest absolute Gasteiger partial charge is 0.376 e. The highest BCUT2D eigenvalue weighted by atomic mass is 16.5. The monoisotopic (exact) mass is 361 g/mol. The van der Waals surface area contributed by atoms with Crippen LogP contribution in [0.5, 0.6) is 0 Å². The summed E-state index contributed by atoms with van der Waals surface area (Å²) in [5.74, 6) is 0. The van der Waals surface area contributed by atoms with E-state index in [0.29, 0.717) is 12.1 Å². The minimum absolute atomic E-state index is 0.0892. The van der Waals surface area contributed by atoms with E-state index in [1.165, 1.54) is 0 Å². The second-order valence-electron chi connectivity index (χ2n) is 6.77. The molecule has 1 aliphatic rings. The number of rotatable bonds is 5. The topological polar surface area (TPSA) is 59.4 Å². The molecule has 0 bridgehead atoms. The predicted molar refractivity (Wildman–Crippen MR) is 108 cm³/mol. The minimum Gasteiger partial charge on any atom is -0.376 e. The highest BCUT2D eigenvalue weighted by Gasteiger charge is 2.20. The van der Waals surface area contributed by atoms with Gasteiger partial charge in [-0.05, 0) is 31.9 Å². The molecular formula is C22H23N3O2. The molecule has 1 aromatic heterocycles. The lowest BCUT2D eigenvalue weighted by Crippen LogP contribution is -2.20. The molecule has 3 aromatic rings. The normalized spacial score (nSPS) is 17.4. The van der Waals surface area contributed by atoms with Gasteiger partial charge in [-0.15, -0.1) is 0 Å². The lowest BCUT2D eigenvalue weighted by Gasteiger charge is -2.07. The quantitative estimate of drug-likeness (QED) is 0.702. The van der Waals surface area contributed by atoms with E-state index in [2.05, 4.69) is 10.1 Å². The van der Waals surface area contributed by atoms with Crippen molar-refractivity contribution in [2.24, 2.45) is 4.99 Å². The molecule has 2 heterocycles. The molecule has 2 aromatic carbocycles. The third-order valence-electron chi connectivity index (χ3n) is 4.89. The number of aliphatic imine (C=N–C) groups is 1. The van der Waals surface area contributed by atoms with Crippen molar-refractivity contribution in [1.29, 1.82) is 0 Å². The van der Waals surface area contributed by atoms with Gasteiger partial charge in [-0.1, -0.05) is 48.5 Å². The first-order chi connectivity index (χ1) is 13.2. The fourth-order valence-electron chi connectivity index (χ4n) is 3.45. The molecule has 0 aliphatic carbocycles. The number of aromatic nitrogens is 2. The van der Waals surface area contributed by atoms with Crippen molar-refractivity contribution in [3.8, 4) is 16.9 Å². The van der Waals surface area contributed by atoms with Crippen LogP contribution in [0.15, 0.2) is 70.5 Å². The Kier molecular flexibility index (Phi) is 5.03. The molecule has 1 unspecified atom stereocenters. The third kappa shape index (κ3) is 3.64. The number of H-pyrrole nitrogens is 1. The Balaban J connectivity index is 1.79. The summed E-state index contributed by atoms with van der Waals surface area (Å²) in [5.41, 5.74) is 3.82. The number of ether oxygens (including phenoxy) is 1. The Labute approximate surface area is 158 Å². The first-order valence-corrected chi connectivity index (χ1v) is 9.33. The summed E-state index contributed by atoms with van der Waals surface area (Å²) in [4.78, 5) is 17.9. The average molecular weight is 361 g/mol. The van der Waals surface area contributed by atoms with Gasteiger partial charge in [0.05, 0.1) is 29.6 Å². The zero-order valence-corrected chi connectivity index (χ0v) is 15.4. The molecule has 138 valence electrons. The molecule has 1 atom stereocenters. The molecule has 5 heteroatoms. The second-order valence-corrected chi connectivity index (χ2v) is 6.77. The van der Waals surface area contributed by atoms with Crippen LogP contribution in [0.3, 0.4) is 0 Å². The van der Waals surface area contributed by atoms with Crippen molar-refractivity contribution in [2.45, 2.75) is 25.9 Å². The summed E-state index contributed by atoms with van der Waals surface area (Å²) in [6, 6.07) is 19.5. The van der Waals surface area contributed by atoms with E-state index in [4.69, 9.17) is 4.74 Å². The Morgan fingerprint density at radius 3 is 2.52 bits per heavy atom. The van der Waals surface area contributed by atoms with Crippen LogP contribution in [0.4, 0.5) is 0 Å².